The second-order valence-electron chi connectivity index (χ2n) is 5.10. The summed E-state index contributed by atoms with van der Waals surface area (Å²) in [5.74, 6) is -0.357. The van der Waals surface area contributed by atoms with E-state index in [-0.39, 0.29) is 6.54 Å². The first-order valence-electron chi connectivity index (χ1n) is 6.28. The number of nitrogens with zero attached hydrogens (tertiary/aromatic N) is 1. The molecule has 2 rings (SSSR count). The molecule has 3 N–H and O–H groups in total. The molecule has 7 nitrogen and oxygen atoms in total. The molecule has 0 radical (unpaired) electrons. The number of ether oxygens (including phenoxy) is 1. The number of carboxylic acids is 1. The molecule has 1 aromatic rings. The summed E-state index contributed by atoms with van der Waals surface area (Å²) in [6, 6.07) is 1.62. The van der Waals surface area contributed by atoms with E-state index in [0.717, 1.165) is 0 Å². The van der Waals surface area contributed by atoms with Gasteiger partial charge in [-0.25, -0.2) is 4.79 Å². The summed E-state index contributed by atoms with van der Waals surface area (Å²) in [5, 5.41) is 9.07. The lowest BCUT2D eigenvalue weighted by Crippen LogP contribution is -2.49. The Bertz CT molecular complexity index is 539. The van der Waals surface area contributed by atoms with Crippen LogP contribution >= 0.6 is 0 Å². The molecule has 1 aromatic heterocycles. The lowest BCUT2D eigenvalue weighted by Gasteiger charge is -2.19. The molecule has 2 heterocycles. The van der Waals surface area contributed by atoms with Gasteiger partial charge in [0.05, 0.1) is 13.7 Å². The molecular weight excluding hydrogens is 264 g/mol. The minimum atomic E-state index is -1.20. The van der Waals surface area contributed by atoms with Crippen molar-refractivity contribution < 1.29 is 23.8 Å². The Morgan fingerprint density at radius 2 is 2.30 bits per heavy atom. The lowest BCUT2D eigenvalue weighted by molar-refractivity contribution is -0.142. The Balaban J connectivity index is 2.05. The van der Waals surface area contributed by atoms with Crippen LogP contribution in [-0.2, 0) is 16.1 Å². The van der Waals surface area contributed by atoms with Gasteiger partial charge in [0.2, 0.25) is 0 Å². The number of likely N-dealkylation sites (tertiary alicyclic amines) is 1. The number of methoxy groups -OCH3 is 1. The highest BCUT2D eigenvalue weighted by Gasteiger charge is 2.41. The van der Waals surface area contributed by atoms with Crippen molar-refractivity contribution in [3.8, 4) is 0 Å². The van der Waals surface area contributed by atoms with Crippen molar-refractivity contribution in [3.63, 3.8) is 0 Å². The summed E-state index contributed by atoms with van der Waals surface area (Å²) in [7, 11) is 1.31. The molecule has 110 valence electrons. The van der Waals surface area contributed by atoms with Crippen molar-refractivity contribution in [2.75, 3.05) is 20.2 Å². The van der Waals surface area contributed by atoms with Gasteiger partial charge in [-0.3, -0.25) is 9.69 Å². The third-order valence-electron chi connectivity index (χ3n) is 3.56. The minimum Gasteiger partial charge on any atom is -0.480 e. The van der Waals surface area contributed by atoms with Gasteiger partial charge in [0.25, 0.3) is 0 Å². The molecule has 1 atom stereocenters. The number of carbonyl (C=O) groups is 2. The van der Waals surface area contributed by atoms with Crippen LogP contribution in [0.2, 0.25) is 0 Å². The first-order chi connectivity index (χ1) is 9.35. The zero-order valence-electron chi connectivity index (χ0n) is 11.5. The lowest BCUT2D eigenvalue weighted by atomic mass is 10.0. The summed E-state index contributed by atoms with van der Waals surface area (Å²) >= 11 is 0. The summed E-state index contributed by atoms with van der Waals surface area (Å²) in [6.07, 6.45) is 0.395. The van der Waals surface area contributed by atoms with E-state index in [9.17, 15) is 9.59 Å². The molecule has 7 heteroatoms. The van der Waals surface area contributed by atoms with Crippen LogP contribution in [0.3, 0.4) is 0 Å². The largest absolute Gasteiger partial charge is 0.480 e. The number of carboxylic acid groups (broad SMARTS) is 1. The van der Waals surface area contributed by atoms with E-state index in [1.54, 1.807) is 13.0 Å². The summed E-state index contributed by atoms with van der Waals surface area (Å²) in [5.41, 5.74) is 4.99. The molecule has 1 fully saturated rings. The zero-order chi connectivity index (χ0) is 14.9. The molecule has 1 saturated heterocycles. The van der Waals surface area contributed by atoms with Crippen LogP contribution in [-0.4, -0.2) is 47.7 Å². The fraction of sp³-hybridized carbons (Fsp3) is 0.538. The highest BCUT2D eigenvalue weighted by molar-refractivity contribution is 5.90. The Morgan fingerprint density at radius 3 is 2.85 bits per heavy atom. The first-order valence-corrected chi connectivity index (χ1v) is 6.28. The summed E-state index contributed by atoms with van der Waals surface area (Å²) in [6.45, 7) is 2.94. The van der Waals surface area contributed by atoms with E-state index >= 15 is 0 Å². The molecule has 1 aliphatic rings. The smallest absolute Gasteiger partial charge is 0.341 e. The van der Waals surface area contributed by atoms with Crippen LogP contribution in [0.25, 0.3) is 0 Å². The standard InChI is InChI=1S/C13H18N2O5/c1-8-10(11(16)19-2)5-9(20-8)6-15-4-3-13(14,7-15)12(17)18/h5H,3-4,6-7,14H2,1-2H3,(H,17,18). The Labute approximate surface area is 116 Å². The molecule has 0 amide bonds. The number of hydrogen-bond donors (Lipinski definition) is 2. The van der Waals surface area contributed by atoms with Gasteiger partial charge in [0, 0.05) is 13.1 Å². The maximum absolute atomic E-state index is 11.5. The second kappa shape index (κ2) is 5.26. The quantitative estimate of drug-likeness (QED) is 0.768. The summed E-state index contributed by atoms with van der Waals surface area (Å²) < 4.78 is 10.2. The molecular formula is C13H18N2O5. The third kappa shape index (κ3) is 2.68. The van der Waals surface area contributed by atoms with Crippen molar-refractivity contribution in [3.05, 3.63) is 23.2 Å². The predicted octanol–water partition coefficient (Wildman–Crippen LogP) is 0.362. The van der Waals surface area contributed by atoms with Gasteiger partial charge < -0.3 is 20.0 Å². The topological polar surface area (TPSA) is 106 Å². The molecule has 1 aliphatic heterocycles. The van der Waals surface area contributed by atoms with Gasteiger partial charge in [-0.1, -0.05) is 0 Å². The first kappa shape index (κ1) is 14.5. The highest BCUT2D eigenvalue weighted by atomic mass is 16.5. The number of carbonyl (C=O) groups excluding carboxylic acids is 1. The third-order valence-corrected chi connectivity index (χ3v) is 3.56. The van der Waals surface area contributed by atoms with Crippen LogP contribution in [0, 0.1) is 6.92 Å². The second-order valence-corrected chi connectivity index (χ2v) is 5.10. The van der Waals surface area contributed by atoms with E-state index in [2.05, 4.69) is 4.74 Å². The Morgan fingerprint density at radius 1 is 1.60 bits per heavy atom. The van der Waals surface area contributed by atoms with E-state index < -0.39 is 17.5 Å². The Hall–Kier alpha value is -1.86. The van der Waals surface area contributed by atoms with Crippen LogP contribution in [0.1, 0.15) is 28.3 Å². The molecule has 0 bridgehead atoms. The van der Waals surface area contributed by atoms with Crippen molar-refractivity contribution in [1.82, 2.24) is 4.90 Å². The van der Waals surface area contributed by atoms with Gasteiger partial charge in [-0.2, -0.15) is 0 Å². The van der Waals surface area contributed by atoms with Crippen molar-refractivity contribution in [1.29, 1.82) is 0 Å². The molecule has 20 heavy (non-hydrogen) atoms. The van der Waals surface area contributed by atoms with Crippen LogP contribution in [0.15, 0.2) is 10.5 Å². The molecule has 0 saturated carbocycles. The van der Waals surface area contributed by atoms with Gasteiger partial charge >= 0.3 is 11.9 Å². The molecule has 0 aliphatic carbocycles. The SMILES string of the molecule is COC(=O)c1cc(CN2CCC(N)(C(=O)O)C2)oc1C. The molecule has 0 aromatic carbocycles. The molecule has 1 unspecified atom stereocenters. The predicted molar refractivity (Wildman–Crippen MR) is 69.2 cm³/mol. The highest BCUT2D eigenvalue weighted by Crippen LogP contribution is 2.23. The summed E-state index contributed by atoms with van der Waals surface area (Å²) in [4.78, 5) is 24.5. The van der Waals surface area contributed by atoms with Crippen molar-refractivity contribution in [2.24, 2.45) is 5.73 Å². The average molecular weight is 282 g/mol. The van der Waals surface area contributed by atoms with Crippen LogP contribution in [0.4, 0.5) is 0 Å². The van der Waals surface area contributed by atoms with Crippen molar-refractivity contribution >= 4 is 11.9 Å². The Kier molecular flexibility index (Phi) is 3.82. The number of furan rings is 1. The number of nitrogens with two attached hydrogens (primary N) is 1. The fourth-order valence-electron chi connectivity index (χ4n) is 2.38. The monoisotopic (exact) mass is 282 g/mol. The van der Waals surface area contributed by atoms with Gasteiger partial charge in [0.1, 0.15) is 22.6 Å². The van der Waals surface area contributed by atoms with Crippen molar-refractivity contribution in [2.45, 2.75) is 25.4 Å². The molecule has 0 spiro atoms. The number of aryl methyl sites for hydroxylation is 1. The van der Waals surface area contributed by atoms with Gasteiger partial charge in [-0.05, 0) is 19.4 Å². The van der Waals surface area contributed by atoms with E-state index in [1.165, 1.54) is 7.11 Å². The maximum Gasteiger partial charge on any atom is 0.341 e. The maximum atomic E-state index is 11.5. The normalized spacial score (nSPS) is 22.9. The van der Waals surface area contributed by atoms with Gasteiger partial charge in [-0.15, -0.1) is 0 Å². The van der Waals surface area contributed by atoms with E-state index in [1.807, 2.05) is 4.90 Å². The number of aliphatic carboxylic acids is 1. The van der Waals surface area contributed by atoms with Crippen LogP contribution in [0.5, 0.6) is 0 Å². The van der Waals surface area contributed by atoms with E-state index in [4.69, 9.17) is 15.3 Å². The van der Waals surface area contributed by atoms with Gasteiger partial charge in [0.15, 0.2) is 0 Å². The van der Waals surface area contributed by atoms with Crippen LogP contribution < -0.4 is 5.73 Å². The number of hydrogen-bond acceptors (Lipinski definition) is 6. The number of rotatable bonds is 4. The average Bonchev–Trinajstić information content (AvgIpc) is 2.94. The number of esters is 1. The zero-order valence-corrected chi connectivity index (χ0v) is 11.5. The van der Waals surface area contributed by atoms with E-state index in [0.29, 0.717) is 36.6 Å². The minimum absolute atomic E-state index is 0.260. The fourth-order valence-corrected chi connectivity index (χ4v) is 2.38.